The Morgan fingerprint density at radius 2 is 1.84 bits per heavy atom. The first-order chi connectivity index (χ1) is 12.0. The number of pyridine rings is 1. The second kappa shape index (κ2) is 6.76. The summed E-state index contributed by atoms with van der Waals surface area (Å²) in [5.41, 5.74) is -0.733. The molecule has 3 aromatic rings. The number of nitrogens with one attached hydrogen (secondary N) is 1. The smallest absolute Gasteiger partial charge is 0.348 e. The minimum atomic E-state index is -4.73. The van der Waals surface area contributed by atoms with Crippen LogP contribution in [0.2, 0.25) is 0 Å². The Balaban J connectivity index is 1.91. The maximum atomic E-state index is 13.5. The van der Waals surface area contributed by atoms with Crippen LogP contribution in [0, 0.1) is 0 Å². The second-order valence-corrected chi connectivity index (χ2v) is 5.20. The van der Waals surface area contributed by atoms with E-state index in [1.165, 1.54) is 18.3 Å². The number of carbonyl (C=O) groups is 1. The zero-order valence-corrected chi connectivity index (χ0v) is 12.9. The molecule has 0 saturated heterocycles. The predicted octanol–water partition coefficient (Wildman–Crippen LogP) is 3.22. The van der Waals surface area contributed by atoms with Crippen molar-refractivity contribution in [1.82, 2.24) is 20.1 Å². The van der Waals surface area contributed by atoms with E-state index in [0.29, 0.717) is 5.56 Å². The topological polar surface area (TPSA) is 59.8 Å². The molecule has 1 amide bonds. The minimum Gasteiger partial charge on any atom is -0.348 e. The lowest BCUT2D eigenvalue weighted by Gasteiger charge is -2.12. The van der Waals surface area contributed by atoms with Crippen LogP contribution in [0.4, 0.5) is 13.2 Å². The van der Waals surface area contributed by atoms with Gasteiger partial charge in [0.1, 0.15) is 0 Å². The highest BCUT2D eigenvalue weighted by molar-refractivity contribution is 5.95. The lowest BCUT2D eigenvalue weighted by Crippen LogP contribution is -2.26. The van der Waals surface area contributed by atoms with E-state index < -0.39 is 23.3 Å². The largest absolute Gasteiger partial charge is 0.434 e. The third-order valence-electron chi connectivity index (χ3n) is 3.46. The third-order valence-corrected chi connectivity index (χ3v) is 3.46. The molecule has 0 aliphatic carbocycles. The number of rotatable bonds is 4. The molecule has 25 heavy (non-hydrogen) atoms. The molecule has 5 nitrogen and oxygen atoms in total. The van der Waals surface area contributed by atoms with Crippen molar-refractivity contribution in [2.75, 3.05) is 0 Å². The molecule has 0 aliphatic heterocycles. The summed E-state index contributed by atoms with van der Waals surface area (Å²) < 4.78 is 41.2. The van der Waals surface area contributed by atoms with Gasteiger partial charge >= 0.3 is 6.18 Å². The fraction of sp³-hybridized carbons (Fsp3) is 0.118. The Labute approximate surface area is 141 Å². The van der Waals surface area contributed by atoms with E-state index >= 15 is 0 Å². The Morgan fingerprint density at radius 1 is 1.08 bits per heavy atom. The van der Waals surface area contributed by atoms with Crippen LogP contribution in [0.25, 0.3) is 5.69 Å². The maximum Gasteiger partial charge on any atom is 0.434 e. The van der Waals surface area contributed by atoms with Crippen molar-refractivity contribution in [2.24, 2.45) is 0 Å². The molecule has 2 aromatic heterocycles. The molecule has 3 rings (SSSR count). The summed E-state index contributed by atoms with van der Waals surface area (Å²) in [4.78, 5) is 16.1. The van der Waals surface area contributed by atoms with E-state index in [2.05, 4.69) is 15.4 Å². The Hall–Kier alpha value is -3.16. The summed E-state index contributed by atoms with van der Waals surface area (Å²) in [7, 11) is 0. The van der Waals surface area contributed by atoms with Gasteiger partial charge in [0.2, 0.25) is 0 Å². The van der Waals surface area contributed by atoms with Crippen LogP contribution < -0.4 is 5.32 Å². The van der Waals surface area contributed by atoms with Crippen molar-refractivity contribution in [2.45, 2.75) is 12.7 Å². The van der Waals surface area contributed by atoms with Crippen LogP contribution in [-0.2, 0) is 12.7 Å². The molecule has 0 bridgehead atoms. The molecule has 1 aromatic carbocycles. The molecule has 8 heteroatoms. The predicted molar refractivity (Wildman–Crippen MR) is 84.0 cm³/mol. The van der Waals surface area contributed by atoms with E-state index in [9.17, 15) is 18.0 Å². The van der Waals surface area contributed by atoms with Gasteiger partial charge in [0.25, 0.3) is 5.91 Å². The minimum absolute atomic E-state index is 0.0699. The molecule has 0 unspecified atom stereocenters. The first-order valence-corrected chi connectivity index (χ1v) is 7.34. The number of aromatic nitrogens is 3. The Morgan fingerprint density at radius 3 is 2.48 bits per heavy atom. The zero-order chi connectivity index (χ0) is 17.9. The number of benzene rings is 1. The quantitative estimate of drug-likeness (QED) is 0.789. The third kappa shape index (κ3) is 3.68. The summed E-state index contributed by atoms with van der Waals surface area (Å²) in [6.07, 6.45) is -0.711. The number of amides is 1. The number of hydrogen-bond donors (Lipinski definition) is 1. The van der Waals surface area contributed by atoms with Crippen molar-refractivity contribution >= 4 is 5.91 Å². The van der Waals surface area contributed by atoms with Crippen LogP contribution in [-0.4, -0.2) is 20.7 Å². The summed E-state index contributed by atoms with van der Waals surface area (Å²) in [6, 6.07) is 11.2. The summed E-state index contributed by atoms with van der Waals surface area (Å²) in [6.45, 7) is 0.0699. The SMILES string of the molecule is O=C(NCc1cccnc1)c1cnn(-c2ccccc2)c1C(F)(F)F. The number of hydrogen-bond acceptors (Lipinski definition) is 3. The summed E-state index contributed by atoms with van der Waals surface area (Å²) in [5, 5.41) is 6.21. The lowest BCUT2D eigenvalue weighted by molar-refractivity contribution is -0.143. The van der Waals surface area contributed by atoms with Gasteiger partial charge < -0.3 is 5.32 Å². The molecule has 2 heterocycles. The van der Waals surface area contributed by atoms with Gasteiger partial charge in [-0.2, -0.15) is 18.3 Å². The van der Waals surface area contributed by atoms with Gasteiger partial charge in [-0.1, -0.05) is 24.3 Å². The van der Waals surface area contributed by atoms with E-state index in [-0.39, 0.29) is 12.2 Å². The summed E-state index contributed by atoms with van der Waals surface area (Å²) in [5.74, 6) is -0.849. The number of carbonyl (C=O) groups excluding carboxylic acids is 1. The first-order valence-electron chi connectivity index (χ1n) is 7.34. The van der Waals surface area contributed by atoms with Gasteiger partial charge in [-0.15, -0.1) is 0 Å². The van der Waals surface area contributed by atoms with Crippen molar-refractivity contribution in [3.8, 4) is 5.69 Å². The fourth-order valence-corrected chi connectivity index (χ4v) is 2.33. The van der Waals surface area contributed by atoms with Gasteiger partial charge in [-0.3, -0.25) is 9.78 Å². The van der Waals surface area contributed by atoms with Gasteiger partial charge in [0.05, 0.1) is 17.4 Å². The average molecular weight is 346 g/mol. The van der Waals surface area contributed by atoms with E-state index in [1.807, 2.05) is 0 Å². The molecule has 128 valence electrons. The van der Waals surface area contributed by atoms with Crippen molar-refractivity contribution in [3.63, 3.8) is 0 Å². The van der Waals surface area contributed by atoms with Crippen molar-refractivity contribution in [1.29, 1.82) is 0 Å². The number of para-hydroxylation sites is 1. The van der Waals surface area contributed by atoms with Gasteiger partial charge in [0.15, 0.2) is 5.69 Å². The molecular formula is C17H13F3N4O. The molecule has 0 fully saturated rings. The van der Waals surface area contributed by atoms with Crippen LogP contribution in [0.3, 0.4) is 0 Å². The Bertz CT molecular complexity index is 861. The maximum absolute atomic E-state index is 13.5. The second-order valence-electron chi connectivity index (χ2n) is 5.20. The van der Waals surface area contributed by atoms with E-state index in [4.69, 9.17) is 0 Å². The van der Waals surface area contributed by atoms with Crippen LogP contribution >= 0.6 is 0 Å². The van der Waals surface area contributed by atoms with E-state index in [0.717, 1.165) is 10.9 Å². The number of halogens is 3. The normalized spacial score (nSPS) is 11.3. The van der Waals surface area contributed by atoms with Gasteiger partial charge in [-0.05, 0) is 23.8 Å². The number of nitrogens with zero attached hydrogens (tertiary/aromatic N) is 3. The molecule has 0 saturated carbocycles. The van der Waals surface area contributed by atoms with Crippen molar-refractivity contribution < 1.29 is 18.0 Å². The van der Waals surface area contributed by atoms with E-state index in [1.54, 1.807) is 36.5 Å². The highest BCUT2D eigenvalue weighted by Crippen LogP contribution is 2.33. The summed E-state index contributed by atoms with van der Waals surface area (Å²) >= 11 is 0. The van der Waals surface area contributed by atoms with Crippen LogP contribution in [0.1, 0.15) is 21.6 Å². The first kappa shape index (κ1) is 16.7. The highest BCUT2D eigenvalue weighted by atomic mass is 19.4. The Kier molecular flexibility index (Phi) is 4.51. The fourth-order valence-electron chi connectivity index (χ4n) is 2.33. The molecule has 0 radical (unpaired) electrons. The molecule has 0 spiro atoms. The molecule has 0 atom stereocenters. The van der Waals surface area contributed by atoms with Gasteiger partial charge in [-0.25, -0.2) is 4.68 Å². The number of alkyl halides is 3. The zero-order valence-electron chi connectivity index (χ0n) is 12.9. The molecular weight excluding hydrogens is 333 g/mol. The van der Waals surface area contributed by atoms with Crippen LogP contribution in [0.15, 0.2) is 61.1 Å². The monoisotopic (exact) mass is 346 g/mol. The lowest BCUT2D eigenvalue weighted by atomic mass is 10.2. The highest BCUT2D eigenvalue weighted by Gasteiger charge is 2.40. The molecule has 0 aliphatic rings. The average Bonchev–Trinajstić information content (AvgIpc) is 3.07. The van der Waals surface area contributed by atoms with Crippen molar-refractivity contribution in [3.05, 3.63) is 77.9 Å². The van der Waals surface area contributed by atoms with Gasteiger partial charge in [0, 0.05) is 18.9 Å². The standard InChI is InChI=1S/C17H13F3N4O/c18-17(19,20)15-14(11-23-24(15)13-6-2-1-3-7-13)16(25)22-10-12-5-4-8-21-9-12/h1-9,11H,10H2,(H,22,25). The van der Waals surface area contributed by atoms with Crippen LogP contribution in [0.5, 0.6) is 0 Å². The molecule has 1 N–H and O–H groups in total.